The first kappa shape index (κ1) is 18.0. The van der Waals surface area contributed by atoms with Crippen molar-refractivity contribution in [3.63, 3.8) is 0 Å². The van der Waals surface area contributed by atoms with Crippen molar-refractivity contribution in [1.82, 2.24) is 15.5 Å². The Morgan fingerprint density at radius 3 is 2.75 bits per heavy atom. The molecule has 1 unspecified atom stereocenters. The predicted molar refractivity (Wildman–Crippen MR) is 91.2 cm³/mol. The first-order valence-electron chi connectivity index (χ1n) is 8.52. The molecule has 2 rings (SSSR count). The molecule has 1 aromatic carbocycles. The molecule has 1 aliphatic heterocycles. The lowest BCUT2D eigenvalue weighted by molar-refractivity contribution is -0.149. The van der Waals surface area contributed by atoms with E-state index in [1.807, 2.05) is 37.3 Å². The van der Waals surface area contributed by atoms with Gasteiger partial charge in [-0.2, -0.15) is 0 Å². The third-order valence-corrected chi connectivity index (χ3v) is 4.08. The highest BCUT2D eigenvalue weighted by molar-refractivity contribution is 6.07. The molecule has 2 N–H and O–H groups in total. The number of amides is 3. The summed E-state index contributed by atoms with van der Waals surface area (Å²) >= 11 is 0. The van der Waals surface area contributed by atoms with Gasteiger partial charge in [-0.25, -0.2) is 0 Å². The molecule has 0 spiro atoms. The lowest BCUT2D eigenvalue weighted by Crippen LogP contribution is -2.62. The molecule has 0 saturated carbocycles. The molecule has 1 aromatic rings. The van der Waals surface area contributed by atoms with E-state index in [1.165, 1.54) is 4.90 Å². The van der Waals surface area contributed by atoms with Gasteiger partial charge in [0.05, 0.1) is 0 Å². The van der Waals surface area contributed by atoms with Gasteiger partial charge in [0, 0.05) is 26.1 Å². The number of hydrogen-bond donors (Lipinski definition) is 2. The molecule has 1 heterocycles. The molecule has 0 radical (unpaired) electrons. The van der Waals surface area contributed by atoms with Crippen molar-refractivity contribution in [2.75, 3.05) is 19.6 Å². The Bertz CT molecular complexity index is 574. The van der Waals surface area contributed by atoms with Gasteiger partial charge in [0.2, 0.25) is 5.91 Å². The van der Waals surface area contributed by atoms with Crippen LogP contribution in [0.2, 0.25) is 0 Å². The van der Waals surface area contributed by atoms with E-state index in [1.54, 1.807) is 0 Å². The predicted octanol–water partition coefficient (Wildman–Crippen LogP) is 0.863. The molecule has 1 atom stereocenters. The lowest BCUT2D eigenvalue weighted by Gasteiger charge is -2.34. The van der Waals surface area contributed by atoms with E-state index in [9.17, 15) is 14.4 Å². The second kappa shape index (κ2) is 9.05. The fraction of sp³-hybridized carbons (Fsp3) is 0.500. The maximum absolute atomic E-state index is 12.5. The van der Waals surface area contributed by atoms with Gasteiger partial charge in [-0.15, -0.1) is 0 Å². The zero-order valence-electron chi connectivity index (χ0n) is 14.1. The molecule has 24 heavy (non-hydrogen) atoms. The van der Waals surface area contributed by atoms with Gasteiger partial charge in [-0.05, 0) is 18.4 Å². The van der Waals surface area contributed by atoms with Crippen molar-refractivity contribution in [3.05, 3.63) is 35.9 Å². The quantitative estimate of drug-likeness (QED) is 0.575. The van der Waals surface area contributed by atoms with Gasteiger partial charge < -0.3 is 15.5 Å². The summed E-state index contributed by atoms with van der Waals surface area (Å²) in [6.45, 7) is 3.30. The standard InChI is InChI=1S/C18H25N3O3/c1-2-3-11-19-17(23)16-18(24)20-12-13-21(16)15(22)10-9-14-7-5-4-6-8-14/h4-8,16H,2-3,9-13H2,1H3,(H,19,23)(H,20,24). The van der Waals surface area contributed by atoms with E-state index in [-0.39, 0.29) is 12.3 Å². The third-order valence-electron chi connectivity index (χ3n) is 4.08. The van der Waals surface area contributed by atoms with Gasteiger partial charge in [0.1, 0.15) is 0 Å². The fourth-order valence-corrected chi connectivity index (χ4v) is 2.72. The number of nitrogens with zero attached hydrogens (tertiary/aromatic N) is 1. The van der Waals surface area contributed by atoms with Gasteiger partial charge in [0.15, 0.2) is 6.04 Å². The Morgan fingerprint density at radius 1 is 1.29 bits per heavy atom. The van der Waals surface area contributed by atoms with Gasteiger partial charge in [0.25, 0.3) is 11.8 Å². The highest BCUT2D eigenvalue weighted by Gasteiger charge is 2.38. The van der Waals surface area contributed by atoms with E-state index in [4.69, 9.17) is 0 Å². The number of nitrogens with one attached hydrogen (secondary N) is 2. The Labute approximate surface area is 142 Å². The van der Waals surface area contributed by atoms with Crippen molar-refractivity contribution < 1.29 is 14.4 Å². The van der Waals surface area contributed by atoms with Crippen LogP contribution in [0.15, 0.2) is 30.3 Å². The summed E-state index contributed by atoms with van der Waals surface area (Å²) in [4.78, 5) is 38.3. The molecule has 1 saturated heterocycles. The number of rotatable bonds is 7. The largest absolute Gasteiger partial charge is 0.354 e. The Kier molecular flexibility index (Phi) is 6.78. The van der Waals surface area contributed by atoms with E-state index >= 15 is 0 Å². The molecular weight excluding hydrogens is 306 g/mol. The second-order valence-electron chi connectivity index (χ2n) is 5.91. The molecule has 130 valence electrons. The number of benzene rings is 1. The number of hydrogen-bond acceptors (Lipinski definition) is 3. The van der Waals surface area contributed by atoms with Crippen LogP contribution < -0.4 is 10.6 Å². The average molecular weight is 331 g/mol. The molecule has 0 bridgehead atoms. The van der Waals surface area contributed by atoms with Crippen LogP contribution in [-0.2, 0) is 20.8 Å². The van der Waals surface area contributed by atoms with Gasteiger partial charge in [-0.3, -0.25) is 14.4 Å². The first-order chi connectivity index (χ1) is 11.6. The molecule has 0 aliphatic carbocycles. The van der Waals surface area contributed by atoms with Crippen LogP contribution in [0.5, 0.6) is 0 Å². The smallest absolute Gasteiger partial charge is 0.252 e. The lowest BCUT2D eigenvalue weighted by atomic mass is 10.1. The van der Waals surface area contributed by atoms with Gasteiger partial charge >= 0.3 is 0 Å². The Balaban J connectivity index is 1.97. The second-order valence-corrected chi connectivity index (χ2v) is 5.91. The summed E-state index contributed by atoms with van der Waals surface area (Å²) in [5, 5.41) is 5.42. The van der Waals surface area contributed by atoms with Crippen LogP contribution in [0.25, 0.3) is 0 Å². The van der Waals surface area contributed by atoms with E-state index < -0.39 is 17.9 Å². The van der Waals surface area contributed by atoms with Crippen LogP contribution in [0.1, 0.15) is 31.7 Å². The summed E-state index contributed by atoms with van der Waals surface area (Å²) in [5.41, 5.74) is 1.07. The normalized spacial score (nSPS) is 17.3. The zero-order chi connectivity index (χ0) is 17.4. The number of carbonyl (C=O) groups excluding carboxylic acids is 3. The minimum absolute atomic E-state index is 0.163. The minimum Gasteiger partial charge on any atom is -0.354 e. The van der Waals surface area contributed by atoms with E-state index in [0.717, 1.165) is 18.4 Å². The first-order valence-corrected chi connectivity index (χ1v) is 8.52. The summed E-state index contributed by atoms with van der Waals surface area (Å²) in [5.74, 6) is -0.957. The molecule has 1 aliphatic rings. The Morgan fingerprint density at radius 2 is 2.04 bits per heavy atom. The maximum Gasteiger partial charge on any atom is 0.252 e. The van der Waals surface area contributed by atoms with Gasteiger partial charge in [-0.1, -0.05) is 43.7 Å². The Hall–Kier alpha value is -2.37. The molecule has 1 fully saturated rings. The van der Waals surface area contributed by atoms with Crippen LogP contribution in [0.3, 0.4) is 0 Å². The van der Waals surface area contributed by atoms with E-state index in [0.29, 0.717) is 26.1 Å². The highest BCUT2D eigenvalue weighted by atomic mass is 16.2. The number of unbranched alkanes of at least 4 members (excludes halogenated alkanes) is 1. The monoisotopic (exact) mass is 331 g/mol. The number of carbonyl (C=O) groups is 3. The van der Waals surface area contributed by atoms with Crippen LogP contribution in [-0.4, -0.2) is 48.3 Å². The summed E-state index contributed by atoms with van der Waals surface area (Å²) < 4.78 is 0. The highest BCUT2D eigenvalue weighted by Crippen LogP contribution is 2.10. The van der Waals surface area contributed by atoms with Crippen LogP contribution in [0.4, 0.5) is 0 Å². The third kappa shape index (κ3) is 4.81. The van der Waals surface area contributed by atoms with Crippen LogP contribution in [0, 0.1) is 0 Å². The van der Waals surface area contributed by atoms with Crippen molar-refractivity contribution >= 4 is 17.7 Å². The molecule has 6 heteroatoms. The topological polar surface area (TPSA) is 78.5 Å². The minimum atomic E-state index is -1.06. The summed E-state index contributed by atoms with van der Waals surface area (Å²) in [6, 6.07) is 8.66. The number of aryl methyl sites for hydroxylation is 1. The molecule has 3 amide bonds. The number of piperazine rings is 1. The SMILES string of the molecule is CCCCNC(=O)C1C(=O)NCCN1C(=O)CCc1ccccc1. The van der Waals surface area contributed by atoms with Crippen molar-refractivity contribution in [1.29, 1.82) is 0 Å². The van der Waals surface area contributed by atoms with Crippen molar-refractivity contribution in [3.8, 4) is 0 Å². The molecule has 6 nitrogen and oxygen atoms in total. The maximum atomic E-state index is 12.5. The molecule has 0 aromatic heterocycles. The molecular formula is C18H25N3O3. The summed E-state index contributed by atoms with van der Waals surface area (Å²) in [7, 11) is 0. The zero-order valence-corrected chi connectivity index (χ0v) is 14.1. The van der Waals surface area contributed by atoms with E-state index in [2.05, 4.69) is 10.6 Å². The van der Waals surface area contributed by atoms with Crippen molar-refractivity contribution in [2.24, 2.45) is 0 Å². The fourth-order valence-electron chi connectivity index (χ4n) is 2.72. The van der Waals surface area contributed by atoms with Crippen LogP contribution >= 0.6 is 0 Å². The average Bonchev–Trinajstić information content (AvgIpc) is 2.60. The summed E-state index contributed by atoms with van der Waals surface area (Å²) in [6.07, 6.45) is 2.69. The van der Waals surface area contributed by atoms with Crippen molar-refractivity contribution in [2.45, 2.75) is 38.6 Å².